The van der Waals surface area contributed by atoms with E-state index in [9.17, 15) is 9.59 Å². The van der Waals surface area contributed by atoms with Gasteiger partial charge in [0.2, 0.25) is 5.91 Å². The van der Waals surface area contributed by atoms with Crippen molar-refractivity contribution in [3.05, 3.63) is 24.3 Å². The van der Waals surface area contributed by atoms with E-state index in [-0.39, 0.29) is 12.5 Å². The predicted molar refractivity (Wildman–Crippen MR) is 84.4 cm³/mol. The van der Waals surface area contributed by atoms with Gasteiger partial charge in [0, 0.05) is 31.9 Å². The van der Waals surface area contributed by atoms with Gasteiger partial charge in [0.15, 0.2) is 0 Å². The summed E-state index contributed by atoms with van der Waals surface area (Å²) in [5, 5.41) is 11.4. The van der Waals surface area contributed by atoms with E-state index >= 15 is 0 Å². The van der Waals surface area contributed by atoms with Crippen molar-refractivity contribution in [3.8, 4) is 5.75 Å². The molecular formula is C15H22N4O4. The first-order chi connectivity index (χ1) is 11.1. The average molecular weight is 322 g/mol. The van der Waals surface area contributed by atoms with Crippen LogP contribution in [0.2, 0.25) is 0 Å². The van der Waals surface area contributed by atoms with Gasteiger partial charge in [-0.05, 0) is 24.3 Å². The minimum Gasteiger partial charge on any atom is -0.497 e. The quantitative estimate of drug-likeness (QED) is 0.494. The molecule has 1 aliphatic rings. The fourth-order valence-corrected chi connectivity index (χ4v) is 2.42. The van der Waals surface area contributed by atoms with Crippen LogP contribution in [0.15, 0.2) is 24.3 Å². The Morgan fingerprint density at radius 3 is 2.04 bits per heavy atom. The maximum atomic E-state index is 12.0. The largest absolute Gasteiger partial charge is 0.497 e. The van der Waals surface area contributed by atoms with E-state index in [1.165, 1.54) is 0 Å². The standard InChI is InChI=1S/C15H22N4O4/c1-23-13-4-2-12(3-5-13)16-14(20)10-18-6-8-19(9-7-18)11-15(21)17-22/h2-5,22H,6-11H2,1H3,(H,16,20)(H,17,21). The van der Waals surface area contributed by atoms with Crippen molar-refractivity contribution in [3.63, 3.8) is 0 Å². The Balaban J connectivity index is 1.72. The second-order valence-corrected chi connectivity index (χ2v) is 5.36. The number of benzene rings is 1. The molecular weight excluding hydrogens is 300 g/mol. The molecule has 2 amide bonds. The molecule has 1 aromatic carbocycles. The summed E-state index contributed by atoms with van der Waals surface area (Å²) in [5.74, 6) is 0.249. The molecule has 1 fully saturated rings. The van der Waals surface area contributed by atoms with Gasteiger partial charge in [0.05, 0.1) is 20.2 Å². The number of ether oxygens (including phenoxy) is 1. The first-order valence-electron chi connectivity index (χ1n) is 7.42. The third kappa shape index (κ3) is 5.51. The summed E-state index contributed by atoms with van der Waals surface area (Å²) in [6.45, 7) is 3.25. The van der Waals surface area contributed by atoms with Crippen molar-refractivity contribution in [1.29, 1.82) is 0 Å². The highest BCUT2D eigenvalue weighted by Gasteiger charge is 2.20. The fourth-order valence-electron chi connectivity index (χ4n) is 2.42. The minimum absolute atomic E-state index is 0.0725. The zero-order chi connectivity index (χ0) is 16.7. The van der Waals surface area contributed by atoms with Gasteiger partial charge in [-0.15, -0.1) is 0 Å². The molecule has 0 aromatic heterocycles. The fraction of sp³-hybridized carbons (Fsp3) is 0.467. The molecule has 1 aliphatic heterocycles. The first-order valence-corrected chi connectivity index (χ1v) is 7.42. The molecule has 0 saturated carbocycles. The van der Waals surface area contributed by atoms with Crippen molar-refractivity contribution < 1.29 is 19.5 Å². The lowest BCUT2D eigenvalue weighted by Crippen LogP contribution is -2.50. The topological polar surface area (TPSA) is 94.1 Å². The summed E-state index contributed by atoms with van der Waals surface area (Å²) >= 11 is 0. The third-order valence-electron chi connectivity index (χ3n) is 3.70. The third-order valence-corrected chi connectivity index (χ3v) is 3.70. The number of methoxy groups -OCH3 is 1. The lowest BCUT2D eigenvalue weighted by molar-refractivity contribution is -0.131. The van der Waals surface area contributed by atoms with Crippen molar-refractivity contribution in [2.24, 2.45) is 0 Å². The maximum absolute atomic E-state index is 12.0. The smallest absolute Gasteiger partial charge is 0.257 e. The number of anilines is 1. The van der Waals surface area contributed by atoms with Crippen LogP contribution in [0.1, 0.15) is 0 Å². The molecule has 0 radical (unpaired) electrons. The average Bonchev–Trinajstić information content (AvgIpc) is 2.57. The second kappa shape index (κ2) is 8.47. The molecule has 2 rings (SSSR count). The highest BCUT2D eigenvalue weighted by molar-refractivity contribution is 5.92. The lowest BCUT2D eigenvalue weighted by Gasteiger charge is -2.33. The van der Waals surface area contributed by atoms with Gasteiger partial charge >= 0.3 is 0 Å². The Kier molecular flexibility index (Phi) is 6.33. The van der Waals surface area contributed by atoms with Crippen LogP contribution in [0.4, 0.5) is 5.69 Å². The van der Waals surface area contributed by atoms with Gasteiger partial charge in [0.25, 0.3) is 5.91 Å². The molecule has 1 heterocycles. The van der Waals surface area contributed by atoms with Crippen LogP contribution < -0.4 is 15.5 Å². The summed E-state index contributed by atoms with van der Waals surface area (Å²) in [6.07, 6.45) is 0. The van der Waals surface area contributed by atoms with Crippen LogP contribution in [0.25, 0.3) is 0 Å². The van der Waals surface area contributed by atoms with E-state index in [1.54, 1.807) is 36.9 Å². The SMILES string of the molecule is COc1ccc(NC(=O)CN2CCN(CC(=O)NO)CC2)cc1. The normalized spacial score (nSPS) is 15.9. The van der Waals surface area contributed by atoms with Gasteiger partial charge in [-0.1, -0.05) is 0 Å². The van der Waals surface area contributed by atoms with E-state index in [1.807, 2.05) is 9.80 Å². The maximum Gasteiger partial charge on any atom is 0.257 e. The summed E-state index contributed by atoms with van der Waals surface area (Å²) in [5.41, 5.74) is 2.35. The number of rotatable bonds is 6. The number of hydrogen-bond acceptors (Lipinski definition) is 6. The van der Waals surface area contributed by atoms with E-state index < -0.39 is 5.91 Å². The van der Waals surface area contributed by atoms with E-state index in [0.29, 0.717) is 32.7 Å². The van der Waals surface area contributed by atoms with Gasteiger partial charge < -0.3 is 10.1 Å². The Morgan fingerprint density at radius 2 is 1.57 bits per heavy atom. The first kappa shape index (κ1) is 17.2. The van der Waals surface area contributed by atoms with Crippen molar-refractivity contribution in [1.82, 2.24) is 15.3 Å². The minimum atomic E-state index is -0.421. The van der Waals surface area contributed by atoms with E-state index in [2.05, 4.69) is 5.32 Å². The predicted octanol–water partition coefficient (Wildman–Crippen LogP) is -0.243. The Morgan fingerprint density at radius 1 is 1.04 bits per heavy atom. The number of hydrogen-bond donors (Lipinski definition) is 3. The van der Waals surface area contributed by atoms with Gasteiger partial charge in [0.1, 0.15) is 5.75 Å². The van der Waals surface area contributed by atoms with Gasteiger partial charge in [-0.2, -0.15) is 0 Å². The molecule has 0 aliphatic carbocycles. The highest BCUT2D eigenvalue weighted by atomic mass is 16.5. The number of piperazine rings is 1. The summed E-state index contributed by atoms with van der Waals surface area (Å²) in [4.78, 5) is 27.1. The Hall–Kier alpha value is -2.16. The summed E-state index contributed by atoms with van der Waals surface area (Å²) in [7, 11) is 1.59. The number of nitrogens with one attached hydrogen (secondary N) is 2. The molecule has 3 N–H and O–H groups in total. The number of carbonyl (C=O) groups excluding carboxylic acids is 2. The number of carbonyl (C=O) groups is 2. The number of amides is 2. The van der Waals surface area contributed by atoms with Crippen LogP contribution >= 0.6 is 0 Å². The molecule has 23 heavy (non-hydrogen) atoms. The van der Waals surface area contributed by atoms with Crippen LogP contribution in [0.5, 0.6) is 5.75 Å². The Bertz CT molecular complexity index is 527. The van der Waals surface area contributed by atoms with Crippen molar-refractivity contribution in [2.75, 3.05) is 51.7 Å². The van der Waals surface area contributed by atoms with Gasteiger partial charge in [-0.25, -0.2) is 5.48 Å². The zero-order valence-electron chi connectivity index (χ0n) is 13.1. The van der Waals surface area contributed by atoms with E-state index in [0.717, 1.165) is 11.4 Å². The van der Waals surface area contributed by atoms with Crippen LogP contribution in [-0.4, -0.2) is 73.2 Å². The van der Waals surface area contributed by atoms with E-state index in [4.69, 9.17) is 9.94 Å². The van der Waals surface area contributed by atoms with Crippen molar-refractivity contribution in [2.45, 2.75) is 0 Å². The molecule has 0 atom stereocenters. The molecule has 0 unspecified atom stereocenters. The van der Waals surface area contributed by atoms with Crippen molar-refractivity contribution >= 4 is 17.5 Å². The lowest BCUT2D eigenvalue weighted by atomic mass is 10.3. The Labute approximate surface area is 135 Å². The summed E-state index contributed by atoms with van der Waals surface area (Å²) in [6, 6.07) is 7.17. The molecule has 1 saturated heterocycles. The molecule has 1 aromatic rings. The van der Waals surface area contributed by atoms with Crippen LogP contribution in [-0.2, 0) is 9.59 Å². The monoisotopic (exact) mass is 322 g/mol. The molecule has 8 nitrogen and oxygen atoms in total. The van der Waals surface area contributed by atoms with Crippen LogP contribution in [0, 0.1) is 0 Å². The zero-order valence-corrected chi connectivity index (χ0v) is 13.1. The number of nitrogens with zero attached hydrogens (tertiary/aromatic N) is 2. The second-order valence-electron chi connectivity index (χ2n) is 5.36. The number of hydroxylamine groups is 1. The molecule has 0 bridgehead atoms. The van der Waals surface area contributed by atoms with Crippen LogP contribution in [0.3, 0.4) is 0 Å². The highest BCUT2D eigenvalue weighted by Crippen LogP contribution is 2.15. The molecule has 0 spiro atoms. The molecule has 126 valence electrons. The summed E-state index contributed by atoms with van der Waals surface area (Å²) < 4.78 is 5.07. The van der Waals surface area contributed by atoms with Gasteiger partial charge in [-0.3, -0.25) is 24.6 Å². The molecule has 8 heteroatoms.